The van der Waals surface area contributed by atoms with Crippen LogP contribution in [0.5, 0.6) is 0 Å². The maximum absolute atomic E-state index is 14.2. The van der Waals surface area contributed by atoms with E-state index in [0.717, 1.165) is 0 Å². The SMILES string of the molecule is CC[C@H](C)[C@H](NC(=O)CN)C(=O)N[C@@H](CC(C)C)C(=O)NCNC(=O)[C@H](Cc1ccccc1)C(=O)N[C@H](C(=O)N[C@@H](Cc1ccccc1)C(=O)N[C@H](C(=O)N[C@@H](CC(C)C)C(=O)O)[C@@H](C)O)C(C)C. The lowest BCUT2D eigenvalue weighted by atomic mass is 9.95. The number of aliphatic hydroxyl groups is 1. The van der Waals surface area contributed by atoms with E-state index in [-0.39, 0.29) is 50.0 Å². The van der Waals surface area contributed by atoms with Gasteiger partial charge in [-0.05, 0) is 61.0 Å². The summed E-state index contributed by atoms with van der Waals surface area (Å²) in [6.07, 6.45) is -0.833. The summed E-state index contributed by atoms with van der Waals surface area (Å²) in [5.41, 5.74) is 6.68. The number of aliphatic hydroxyl groups excluding tert-OH is 1. The molecule has 2 rings (SSSR count). The molecule has 0 unspecified atom stereocenters. The van der Waals surface area contributed by atoms with Crippen molar-refractivity contribution >= 4 is 53.2 Å². The van der Waals surface area contributed by atoms with Gasteiger partial charge in [0.05, 0.1) is 19.3 Å². The van der Waals surface area contributed by atoms with E-state index < -0.39 is 114 Å². The van der Waals surface area contributed by atoms with E-state index in [1.807, 2.05) is 20.8 Å². The second kappa shape index (κ2) is 29.5. The van der Waals surface area contributed by atoms with Gasteiger partial charge in [0.2, 0.25) is 47.3 Å². The number of carbonyl (C=O) groups is 9. The maximum atomic E-state index is 14.2. The van der Waals surface area contributed by atoms with Gasteiger partial charge < -0.3 is 58.5 Å². The molecule has 9 atom stereocenters. The summed E-state index contributed by atoms with van der Waals surface area (Å²) in [7, 11) is 0. The summed E-state index contributed by atoms with van der Waals surface area (Å²) in [5, 5.41) is 41.0. The van der Waals surface area contributed by atoms with Crippen molar-refractivity contribution < 1.29 is 53.4 Å². The fourth-order valence-electron chi connectivity index (χ4n) is 7.24. The number of carboxylic acid groups (broad SMARTS) is 1. The Morgan fingerprint density at radius 2 is 0.986 bits per heavy atom. The van der Waals surface area contributed by atoms with Gasteiger partial charge in [-0.15, -0.1) is 0 Å². The molecule has 0 aliphatic rings. The van der Waals surface area contributed by atoms with Gasteiger partial charge in [0.1, 0.15) is 42.2 Å². The number of rotatable bonds is 29. The molecule has 0 bridgehead atoms. The highest BCUT2D eigenvalue weighted by molar-refractivity contribution is 6.03. The van der Waals surface area contributed by atoms with Gasteiger partial charge in [-0.25, -0.2) is 4.79 Å². The predicted molar refractivity (Wildman–Crippen MR) is 258 cm³/mol. The maximum Gasteiger partial charge on any atom is 0.326 e. The summed E-state index contributed by atoms with van der Waals surface area (Å²) in [6, 6.07) is 9.64. The monoisotopic (exact) mass is 966 g/mol. The van der Waals surface area contributed by atoms with Crippen LogP contribution in [0.4, 0.5) is 0 Å². The van der Waals surface area contributed by atoms with Crippen molar-refractivity contribution in [1.82, 2.24) is 42.5 Å². The van der Waals surface area contributed by atoms with Crippen LogP contribution >= 0.6 is 0 Å². The zero-order chi connectivity index (χ0) is 52.0. The fraction of sp³-hybridized carbons (Fsp3) is 0.571. The van der Waals surface area contributed by atoms with Gasteiger partial charge in [-0.1, -0.05) is 122 Å². The van der Waals surface area contributed by atoms with Crippen molar-refractivity contribution in [3.63, 3.8) is 0 Å². The van der Waals surface area contributed by atoms with Crippen molar-refractivity contribution in [2.75, 3.05) is 13.2 Å². The molecule has 0 fully saturated rings. The highest BCUT2D eigenvalue weighted by Crippen LogP contribution is 2.15. The van der Waals surface area contributed by atoms with Crippen molar-refractivity contribution in [3.05, 3.63) is 71.8 Å². The largest absolute Gasteiger partial charge is 0.480 e. The minimum atomic E-state index is -1.61. The summed E-state index contributed by atoms with van der Waals surface area (Å²) >= 11 is 0. The third kappa shape index (κ3) is 20.4. The molecule has 8 amide bonds. The number of nitrogens with one attached hydrogen (secondary N) is 8. The molecule has 0 heterocycles. The van der Waals surface area contributed by atoms with Gasteiger partial charge >= 0.3 is 5.97 Å². The van der Waals surface area contributed by atoms with Crippen LogP contribution < -0.4 is 48.3 Å². The normalized spacial score (nSPS) is 15.2. The second-order valence-corrected chi connectivity index (χ2v) is 18.6. The van der Waals surface area contributed by atoms with E-state index in [2.05, 4.69) is 42.5 Å². The first kappa shape index (κ1) is 58.7. The standard InChI is InChI=1S/C49H75N9O11/c1-10-30(8)40(56-38(60)25-50)47(66)53-35(21-27(2)3)44(63)52-26-51-42(61)34(23-32-17-13-11-14-18-32)43(62)57-39(29(6)7)46(65)54-36(24-33-19-15-12-16-20-33)45(64)58-41(31(9)59)48(67)55-37(49(68)69)22-28(4)5/h11-20,27-31,34-37,39-41,59H,10,21-26,50H2,1-9H3,(H,51,61)(H,52,63)(H,53,66)(H,54,65)(H,55,67)(H,56,60)(H,57,62)(H,58,64)(H,68,69)/t30-,31+,34-,35-,36-,37-,39-,40-,41-/m0/s1. The zero-order valence-corrected chi connectivity index (χ0v) is 41.3. The lowest BCUT2D eigenvalue weighted by molar-refractivity contribution is -0.143. The molecule has 382 valence electrons. The average molecular weight is 966 g/mol. The van der Waals surface area contributed by atoms with Crippen LogP contribution in [0.1, 0.15) is 92.7 Å². The van der Waals surface area contributed by atoms with Gasteiger partial charge in [-0.3, -0.25) is 38.4 Å². The van der Waals surface area contributed by atoms with Gasteiger partial charge in [-0.2, -0.15) is 0 Å². The summed E-state index contributed by atoms with van der Waals surface area (Å²) in [4.78, 5) is 121. The molecule has 20 heteroatoms. The zero-order valence-electron chi connectivity index (χ0n) is 41.3. The fourth-order valence-corrected chi connectivity index (χ4v) is 7.24. The molecule has 2 aromatic rings. The molecule has 20 nitrogen and oxygen atoms in total. The minimum absolute atomic E-state index is 0.0509. The van der Waals surface area contributed by atoms with E-state index in [9.17, 15) is 53.4 Å². The van der Waals surface area contributed by atoms with Crippen LogP contribution in [0.15, 0.2) is 60.7 Å². The lowest BCUT2D eigenvalue weighted by Crippen LogP contribution is -2.61. The van der Waals surface area contributed by atoms with E-state index in [1.54, 1.807) is 95.3 Å². The molecular formula is C49H75N9O11. The molecule has 12 N–H and O–H groups in total. The van der Waals surface area contributed by atoms with Gasteiger partial charge in [0.25, 0.3) is 0 Å². The highest BCUT2D eigenvalue weighted by Gasteiger charge is 2.37. The summed E-state index contributed by atoms with van der Waals surface area (Å²) in [6.45, 7) is 14.7. The van der Waals surface area contributed by atoms with Crippen LogP contribution in [0.25, 0.3) is 0 Å². The molecule has 0 saturated heterocycles. The highest BCUT2D eigenvalue weighted by atomic mass is 16.4. The Labute approximate surface area is 405 Å². The van der Waals surface area contributed by atoms with Gasteiger partial charge in [0, 0.05) is 6.42 Å². The molecule has 0 saturated carbocycles. The Hall–Kier alpha value is -6.41. The van der Waals surface area contributed by atoms with E-state index in [0.29, 0.717) is 17.5 Å². The predicted octanol–water partition coefficient (Wildman–Crippen LogP) is 0.405. The van der Waals surface area contributed by atoms with Crippen molar-refractivity contribution in [2.24, 2.45) is 35.3 Å². The Balaban J connectivity index is 2.35. The third-order valence-corrected chi connectivity index (χ3v) is 11.3. The van der Waals surface area contributed by atoms with Crippen LogP contribution in [0.2, 0.25) is 0 Å². The summed E-state index contributed by atoms with van der Waals surface area (Å²) < 4.78 is 0. The van der Waals surface area contributed by atoms with Crippen molar-refractivity contribution in [1.29, 1.82) is 0 Å². The molecule has 2 aromatic carbocycles. The van der Waals surface area contributed by atoms with Crippen LogP contribution in [-0.4, -0.2) is 119 Å². The quantitative estimate of drug-likeness (QED) is 0.0390. The molecule has 69 heavy (non-hydrogen) atoms. The molecule has 0 aromatic heterocycles. The van der Waals surface area contributed by atoms with Crippen LogP contribution in [-0.2, 0) is 56.0 Å². The Bertz CT molecular complexity index is 2020. The number of nitrogens with two attached hydrogens (primary N) is 1. The number of hydrogen-bond donors (Lipinski definition) is 11. The number of carbonyl (C=O) groups excluding carboxylic acids is 8. The van der Waals surface area contributed by atoms with Crippen LogP contribution in [0.3, 0.4) is 0 Å². The summed E-state index contributed by atoms with van der Waals surface area (Å²) in [5.74, 6) is -9.80. The average Bonchev–Trinajstić information content (AvgIpc) is 3.29. The molecule has 0 aliphatic heterocycles. The number of hydrogen-bond acceptors (Lipinski definition) is 11. The number of benzene rings is 2. The Morgan fingerprint density at radius 1 is 0.522 bits per heavy atom. The molecule has 0 aliphatic carbocycles. The minimum Gasteiger partial charge on any atom is -0.480 e. The third-order valence-electron chi connectivity index (χ3n) is 11.3. The van der Waals surface area contributed by atoms with Crippen molar-refractivity contribution in [3.8, 4) is 0 Å². The molecular weight excluding hydrogens is 891 g/mol. The first-order chi connectivity index (χ1) is 32.5. The van der Waals surface area contributed by atoms with Gasteiger partial charge in [0.15, 0.2) is 0 Å². The number of aliphatic carboxylic acids is 1. The number of amides is 8. The van der Waals surface area contributed by atoms with E-state index in [4.69, 9.17) is 5.73 Å². The second-order valence-electron chi connectivity index (χ2n) is 18.6. The number of carboxylic acids is 1. The lowest BCUT2D eigenvalue weighted by Gasteiger charge is -2.29. The van der Waals surface area contributed by atoms with E-state index in [1.165, 1.54) is 6.92 Å². The molecule has 0 radical (unpaired) electrons. The first-order valence-corrected chi connectivity index (χ1v) is 23.5. The molecule has 0 spiro atoms. The Kier molecular flexibility index (Phi) is 25.1. The smallest absolute Gasteiger partial charge is 0.326 e. The van der Waals surface area contributed by atoms with Crippen molar-refractivity contribution in [2.45, 2.75) is 137 Å². The van der Waals surface area contributed by atoms with Crippen LogP contribution in [0, 0.1) is 29.6 Å². The Morgan fingerprint density at radius 3 is 1.48 bits per heavy atom. The topological polar surface area (TPSA) is 316 Å². The first-order valence-electron chi connectivity index (χ1n) is 23.5. The van der Waals surface area contributed by atoms with E-state index >= 15 is 0 Å².